The van der Waals surface area contributed by atoms with E-state index in [4.69, 9.17) is 39.5 Å². The number of amides is 3. The number of nitrogens with one attached hydrogen (secondary N) is 2. The van der Waals surface area contributed by atoms with Crippen LogP contribution in [0.1, 0.15) is 13.8 Å². The fourth-order valence-corrected chi connectivity index (χ4v) is 4.24. The normalized spacial score (nSPS) is 24.0. The van der Waals surface area contributed by atoms with E-state index < -0.39 is 53.1 Å². The molecular weight excluding hydrogens is 569 g/mol. The van der Waals surface area contributed by atoms with E-state index in [1.54, 1.807) is 29.6 Å². The Bertz CT molecular complexity index is 1020. The van der Waals surface area contributed by atoms with Gasteiger partial charge in [-0.05, 0) is 31.2 Å². The summed E-state index contributed by atoms with van der Waals surface area (Å²) in [5, 5.41) is 4.15. The van der Waals surface area contributed by atoms with Gasteiger partial charge >= 0.3 is 12.3 Å². The third-order valence-corrected chi connectivity index (χ3v) is 6.33. The molecule has 206 valence electrons. The van der Waals surface area contributed by atoms with Crippen LogP contribution in [0.4, 0.5) is 33.7 Å². The Labute approximate surface area is 224 Å². The average Bonchev–Trinajstić information content (AvgIpc) is 3.15. The first-order valence-electron chi connectivity index (χ1n) is 11.0. The monoisotopic (exact) mass is 591 g/mol. The highest BCUT2D eigenvalue weighted by molar-refractivity contribution is 6.76. The number of anilines is 2. The van der Waals surface area contributed by atoms with E-state index in [0.717, 1.165) is 6.92 Å². The van der Waals surface area contributed by atoms with Crippen molar-refractivity contribution in [2.24, 2.45) is 0 Å². The number of rotatable bonds is 6. The Kier molecular flexibility index (Phi) is 8.62. The largest absolute Gasteiger partial charge is 0.442 e. The van der Waals surface area contributed by atoms with Crippen LogP contribution in [0.3, 0.4) is 0 Å². The van der Waals surface area contributed by atoms with Crippen LogP contribution in [0, 0.1) is 0 Å². The molecule has 3 amide bonds. The van der Waals surface area contributed by atoms with E-state index in [2.05, 4.69) is 5.32 Å². The minimum Gasteiger partial charge on any atom is -0.442 e. The molecule has 0 spiro atoms. The van der Waals surface area contributed by atoms with E-state index in [1.807, 2.05) is 0 Å². The summed E-state index contributed by atoms with van der Waals surface area (Å²) in [4.78, 5) is 38.5. The van der Waals surface area contributed by atoms with Crippen LogP contribution in [0.2, 0.25) is 0 Å². The van der Waals surface area contributed by atoms with Gasteiger partial charge in [-0.2, -0.15) is 13.2 Å². The highest BCUT2D eigenvalue weighted by Crippen LogP contribution is 2.35. The summed E-state index contributed by atoms with van der Waals surface area (Å²) in [6, 6.07) is 6.39. The molecule has 1 aromatic carbocycles. The zero-order chi connectivity index (χ0) is 27.8. The van der Waals surface area contributed by atoms with Gasteiger partial charge in [0.25, 0.3) is 9.70 Å². The second-order valence-corrected chi connectivity index (χ2v) is 11.0. The summed E-state index contributed by atoms with van der Waals surface area (Å²) in [6.45, 7) is 1.78. The highest BCUT2D eigenvalue weighted by Gasteiger charge is 2.54. The quantitative estimate of drug-likeness (QED) is 0.299. The van der Waals surface area contributed by atoms with Gasteiger partial charge in [0.2, 0.25) is 5.91 Å². The number of ether oxygens (including phenoxy) is 1. The number of benzene rings is 1. The van der Waals surface area contributed by atoms with Crippen molar-refractivity contribution in [1.82, 2.24) is 15.5 Å². The number of hydrogen-bond donors (Lipinski definition) is 2. The fraction of sp³-hybridized carbons (Fsp3) is 0.571. The lowest BCUT2D eigenvalue weighted by Crippen LogP contribution is -2.69. The molecule has 0 saturated carbocycles. The Morgan fingerprint density at radius 3 is 2.27 bits per heavy atom. The van der Waals surface area contributed by atoms with Gasteiger partial charge in [0, 0.05) is 31.4 Å². The zero-order valence-corrected chi connectivity index (χ0v) is 21.9. The van der Waals surface area contributed by atoms with Crippen LogP contribution in [0.5, 0.6) is 0 Å². The van der Waals surface area contributed by atoms with E-state index >= 15 is 4.39 Å². The molecule has 3 rings (SSSR count). The molecule has 2 aliphatic rings. The molecule has 0 radical (unpaired) electrons. The molecule has 2 fully saturated rings. The predicted molar refractivity (Wildman–Crippen MR) is 129 cm³/mol. The van der Waals surface area contributed by atoms with Crippen molar-refractivity contribution in [2.75, 3.05) is 42.5 Å². The summed E-state index contributed by atoms with van der Waals surface area (Å²) in [5.41, 5.74) is 0.996. The molecular formula is C21H24Cl3F4N5O4. The summed E-state index contributed by atoms with van der Waals surface area (Å²) in [7, 11) is 0. The lowest BCUT2D eigenvalue weighted by Gasteiger charge is -2.48. The molecule has 2 N–H and O–H groups in total. The van der Waals surface area contributed by atoms with Crippen molar-refractivity contribution in [1.29, 1.82) is 0 Å². The highest BCUT2D eigenvalue weighted by atomic mass is 35.6. The number of cyclic esters (lactones) is 1. The summed E-state index contributed by atoms with van der Waals surface area (Å²) in [6.07, 6.45) is -8.89. The molecule has 0 aromatic heterocycles. The number of carbonyl (C=O) groups is 3. The van der Waals surface area contributed by atoms with Gasteiger partial charge in [0.15, 0.2) is 12.0 Å². The third-order valence-electron chi connectivity index (χ3n) is 5.82. The first kappa shape index (κ1) is 29.3. The van der Waals surface area contributed by atoms with Gasteiger partial charge in [-0.15, -0.1) is 0 Å². The molecule has 2 heterocycles. The van der Waals surface area contributed by atoms with E-state index in [9.17, 15) is 27.6 Å². The molecule has 9 nitrogen and oxygen atoms in total. The second kappa shape index (κ2) is 10.9. The Balaban J connectivity index is 1.69. The Morgan fingerprint density at radius 1 is 1.16 bits per heavy atom. The summed E-state index contributed by atoms with van der Waals surface area (Å²) < 4.78 is 59.3. The topological polar surface area (TPSA) is 94.2 Å². The van der Waals surface area contributed by atoms with Crippen molar-refractivity contribution in [3.63, 3.8) is 0 Å². The number of hydrogen-bond acceptors (Lipinski definition) is 6. The molecule has 16 heteroatoms. The maximum atomic E-state index is 15.6. The smallest absolute Gasteiger partial charge is 0.422 e. The van der Waals surface area contributed by atoms with Crippen molar-refractivity contribution in [2.45, 2.75) is 41.9 Å². The van der Waals surface area contributed by atoms with Gasteiger partial charge in [0.05, 0.1) is 19.6 Å². The lowest BCUT2D eigenvalue weighted by molar-refractivity contribution is -0.224. The minimum atomic E-state index is -5.05. The van der Waals surface area contributed by atoms with Gasteiger partial charge in [-0.1, -0.05) is 34.8 Å². The maximum absolute atomic E-state index is 15.6. The molecule has 0 bridgehead atoms. The van der Waals surface area contributed by atoms with Crippen LogP contribution in [-0.4, -0.2) is 83.6 Å². The number of nitrogens with zero attached hydrogens (tertiary/aromatic N) is 3. The van der Waals surface area contributed by atoms with Crippen LogP contribution >= 0.6 is 34.8 Å². The summed E-state index contributed by atoms with van der Waals surface area (Å²) >= 11 is 16.1. The van der Waals surface area contributed by atoms with Crippen molar-refractivity contribution < 1.29 is 36.7 Å². The number of carbonyl (C=O) groups excluding carboxylic acids is 3. The number of halogens is 7. The van der Waals surface area contributed by atoms with Crippen molar-refractivity contribution >= 4 is 64.1 Å². The molecule has 0 aliphatic carbocycles. The Morgan fingerprint density at radius 2 is 1.76 bits per heavy atom. The van der Waals surface area contributed by atoms with Gasteiger partial charge in [-0.3, -0.25) is 14.5 Å². The first-order valence-corrected chi connectivity index (χ1v) is 12.1. The van der Waals surface area contributed by atoms with Crippen LogP contribution in [0.25, 0.3) is 0 Å². The lowest BCUT2D eigenvalue weighted by atomic mass is 10.1. The third kappa shape index (κ3) is 7.21. The van der Waals surface area contributed by atoms with Crippen LogP contribution in [-0.2, 0) is 14.3 Å². The second-order valence-electron chi connectivity index (χ2n) is 8.74. The predicted octanol–water partition coefficient (Wildman–Crippen LogP) is 3.33. The average molecular weight is 593 g/mol. The van der Waals surface area contributed by atoms with Crippen molar-refractivity contribution in [3.8, 4) is 0 Å². The molecule has 1 aromatic rings. The SMILES string of the molecule is CC(=O)NCC1CN(c2ccc(N3CCN(C(NC(=O)C(Cl)(Cl)Cl)C(F)(F)F)C(C)(F)C3)cc2)C(=O)O1. The number of piperazine rings is 1. The maximum Gasteiger partial charge on any atom is 0.422 e. The minimum absolute atomic E-state index is 0.0143. The summed E-state index contributed by atoms with van der Waals surface area (Å²) in [5.74, 6) is -4.32. The Hall–Kier alpha value is -2.22. The molecule has 3 atom stereocenters. The van der Waals surface area contributed by atoms with E-state index in [1.165, 1.54) is 16.7 Å². The van der Waals surface area contributed by atoms with Gasteiger partial charge in [-0.25, -0.2) is 14.1 Å². The van der Waals surface area contributed by atoms with Gasteiger partial charge < -0.3 is 20.3 Å². The van der Waals surface area contributed by atoms with E-state index in [0.29, 0.717) is 16.3 Å². The fourth-order valence-electron chi connectivity index (χ4n) is 4.08. The molecule has 37 heavy (non-hydrogen) atoms. The molecule has 3 unspecified atom stereocenters. The molecule has 2 aliphatic heterocycles. The van der Waals surface area contributed by atoms with Crippen LogP contribution < -0.4 is 20.4 Å². The zero-order valence-electron chi connectivity index (χ0n) is 19.6. The number of alkyl halides is 7. The van der Waals surface area contributed by atoms with Crippen molar-refractivity contribution in [3.05, 3.63) is 24.3 Å². The van der Waals surface area contributed by atoms with E-state index in [-0.39, 0.29) is 25.5 Å². The first-order chi connectivity index (χ1) is 17.0. The van der Waals surface area contributed by atoms with Gasteiger partial charge in [0.1, 0.15) is 6.10 Å². The molecule has 2 saturated heterocycles. The standard InChI is InChI=1S/C21H24Cl3F4N5O4/c1-12(34)29-9-15-10-32(18(36)37-15)14-5-3-13(4-6-14)31-7-8-33(19(2,25)11-31)16(21(26,27)28)30-17(35)20(22,23)24/h3-6,15-16H,7-11H2,1-2H3,(H,29,34)(H,30,35). The van der Waals surface area contributed by atoms with Crippen LogP contribution in [0.15, 0.2) is 24.3 Å².